The van der Waals surface area contributed by atoms with Crippen LogP contribution >= 0.6 is 0 Å². The Morgan fingerprint density at radius 2 is 2.11 bits per heavy atom. The monoisotopic (exact) mass is 270 g/mol. The van der Waals surface area contributed by atoms with Gasteiger partial charge in [-0.15, -0.1) is 0 Å². The third-order valence-electron chi connectivity index (χ3n) is 2.91. The van der Waals surface area contributed by atoms with Crippen LogP contribution in [0.3, 0.4) is 0 Å². The van der Waals surface area contributed by atoms with Crippen molar-refractivity contribution in [2.24, 2.45) is 0 Å². The molecule has 3 nitrogen and oxygen atoms in total. The maximum absolute atomic E-state index is 13.6. The SMILES string of the molecule is CCC(NC(=O)CCCNC)c1ccc(F)cc1F. The highest BCUT2D eigenvalue weighted by atomic mass is 19.1. The van der Waals surface area contributed by atoms with E-state index in [1.807, 2.05) is 14.0 Å². The van der Waals surface area contributed by atoms with Crippen molar-refractivity contribution in [2.45, 2.75) is 32.2 Å². The van der Waals surface area contributed by atoms with E-state index in [4.69, 9.17) is 0 Å². The summed E-state index contributed by atoms with van der Waals surface area (Å²) in [7, 11) is 1.82. The number of amides is 1. The third-order valence-corrected chi connectivity index (χ3v) is 2.91. The molecule has 1 rings (SSSR count). The summed E-state index contributed by atoms with van der Waals surface area (Å²) in [5, 5.41) is 5.73. The molecule has 1 aromatic rings. The third kappa shape index (κ3) is 4.95. The topological polar surface area (TPSA) is 41.1 Å². The number of nitrogens with one attached hydrogen (secondary N) is 2. The number of carbonyl (C=O) groups excluding carboxylic acids is 1. The van der Waals surface area contributed by atoms with Crippen LogP contribution in [0.4, 0.5) is 8.78 Å². The molecule has 0 fully saturated rings. The Kier molecular flexibility index (Phi) is 6.42. The molecule has 2 N–H and O–H groups in total. The summed E-state index contributed by atoms with van der Waals surface area (Å²) < 4.78 is 26.5. The van der Waals surface area contributed by atoms with Crippen LogP contribution in [-0.4, -0.2) is 19.5 Å². The van der Waals surface area contributed by atoms with E-state index in [9.17, 15) is 13.6 Å². The van der Waals surface area contributed by atoms with Crippen LogP contribution in [0.25, 0.3) is 0 Å². The first-order valence-corrected chi connectivity index (χ1v) is 6.47. The summed E-state index contributed by atoms with van der Waals surface area (Å²) >= 11 is 0. The molecule has 0 aromatic heterocycles. The maximum Gasteiger partial charge on any atom is 0.220 e. The second kappa shape index (κ2) is 7.84. The Bertz CT molecular complexity index is 424. The van der Waals surface area contributed by atoms with Crippen molar-refractivity contribution in [3.8, 4) is 0 Å². The van der Waals surface area contributed by atoms with Gasteiger partial charge in [0.2, 0.25) is 5.91 Å². The number of hydrogen-bond donors (Lipinski definition) is 2. The lowest BCUT2D eigenvalue weighted by Crippen LogP contribution is -2.29. The summed E-state index contributed by atoms with van der Waals surface area (Å²) in [6.45, 7) is 2.61. The highest BCUT2D eigenvalue weighted by Gasteiger charge is 2.16. The predicted octanol–water partition coefficient (Wildman–Crippen LogP) is 2.53. The second-order valence-electron chi connectivity index (χ2n) is 4.40. The molecule has 0 heterocycles. The van der Waals surface area contributed by atoms with E-state index in [1.54, 1.807) is 0 Å². The smallest absolute Gasteiger partial charge is 0.220 e. The molecule has 0 aliphatic heterocycles. The van der Waals surface area contributed by atoms with Gasteiger partial charge in [-0.2, -0.15) is 0 Å². The number of carbonyl (C=O) groups is 1. The van der Waals surface area contributed by atoms with Crippen LogP contribution in [0.5, 0.6) is 0 Å². The summed E-state index contributed by atoms with van der Waals surface area (Å²) in [4.78, 5) is 11.7. The lowest BCUT2D eigenvalue weighted by molar-refractivity contribution is -0.122. The summed E-state index contributed by atoms with van der Waals surface area (Å²) in [6, 6.07) is 3.01. The van der Waals surface area contributed by atoms with E-state index in [0.717, 1.165) is 19.0 Å². The number of hydrogen-bond acceptors (Lipinski definition) is 2. The molecule has 0 saturated heterocycles. The van der Waals surface area contributed by atoms with E-state index in [1.165, 1.54) is 12.1 Å². The summed E-state index contributed by atoms with van der Waals surface area (Å²) in [5.74, 6) is -1.36. The predicted molar refractivity (Wildman–Crippen MR) is 70.7 cm³/mol. The molecule has 106 valence electrons. The van der Waals surface area contributed by atoms with Crippen molar-refractivity contribution in [1.82, 2.24) is 10.6 Å². The van der Waals surface area contributed by atoms with E-state index >= 15 is 0 Å². The van der Waals surface area contributed by atoms with Crippen molar-refractivity contribution in [2.75, 3.05) is 13.6 Å². The number of benzene rings is 1. The van der Waals surface area contributed by atoms with Crippen molar-refractivity contribution < 1.29 is 13.6 Å². The zero-order valence-electron chi connectivity index (χ0n) is 11.3. The van der Waals surface area contributed by atoms with E-state index in [-0.39, 0.29) is 5.91 Å². The largest absolute Gasteiger partial charge is 0.349 e. The van der Waals surface area contributed by atoms with Gasteiger partial charge >= 0.3 is 0 Å². The molecule has 0 aliphatic carbocycles. The van der Waals surface area contributed by atoms with E-state index in [0.29, 0.717) is 18.4 Å². The fourth-order valence-corrected chi connectivity index (χ4v) is 1.88. The van der Waals surface area contributed by atoms with Crippen LogP contribution in [0.2, 0.25) is 0 Å². The molecule has 0 spiro atoms. The molecule has 0 aliphatic rings. The van der Waals surface area contributed by atoms with Crippen LogP contribution in [0.15, 0.2) is 18.2 Å². The van der Waals surface area contributed by atoms with Gasteiger partial charge in [0, 0.05) is 18.1 Å². The summed E-state index contributed by atoms with van der Waals surface area (Å²) in [6.07, 6.45) is 1.67. The van der Waals surface area contributed by atoms with Gasteiger partial charge in [-0.25, -0.2) is 8.78 Å². The Hall–Kier alpha value is -1.49. The second-order valence-corrected chi connectivity index (χ2v) is 4.40. The average molecular weight is 270 g/mol. The van der Waals surface area contributed by atoms with Gasteiger partial charge in [0.25, 0.3) is 0 Å². The van der Waals surface area contributed by atoms with Gasteiger partial charge in [0.05, 0.1) is 6.04 Å². The highest BCUT2D eigenvalue weighted by molar-refractivity contribution is 5.76. The van der Waals surface area contributed by atoms with Crippen molar-refractivity contribution in [1.29, 1.82) is 0 Å². The standard InChI is InChI=1S/C14H20F2N2O/c1-3-13(18-14(19)5-4-8-17-2)11-7-6-10(15)9-12(11)16/h6-7,9,13,17H,3-5,8H2,1-2H3,(H,18,19). The first kappa shape index (κ1) is 15.6. The molecule has 5 heteroatoms. The zero-order chi connectivity index (χ0) is 14.3. The van der Waals surface area contributed by atoms with Gasteiger partial charge in [-0.3, -0.25) is 4.79 Å². The van der Waals surface area contributed by atoms with Gasteiger partial charge in [0.15, 0.2) is 0 Å². The molecular formula is C14H20F2N2O. The molecule has 0 saturated carbocycles. The Balaban J connectivity index is 2.64. The molecule has 0 bridgehead atoms. The molecular weight excluding hydrogens is 250 g/mol. The van der Waals surface area contributed by atoms with Gasteiger partial charge in [0.1, 0.15) is 11.6 Å². The Morgan fingerprint density at radius 3 is 2.68 bits per heavy atom. The van der Waals surface area contributed by atoms with Crippen LogP contribution in [-0.2, 0) is 4.79 Å². The van der Waals surface area contributed by atoms with Crippen LogP contribution in [0, 0.1) is 11.6 Å². The van der Waals surface area contributed by atoms with Gasteiger partial charge < -0.3 is 10.6 Å². The molecule has 1 unspecified atom stereocenters. The fourth-order valence-electron chi connectivity index (χ4n) is 1.88. The quantitative estimate of drug-likeness (QED) is 0.748. The Morgan fingerprint density at radius 1 is 1.37 bits per heavy atom. The maximum atomic E-state index is 13.6. The normalized spacial score (nSPS) is 12.2. The zero-order valence-corrected chi connectivity index (χ0v) is 11.3. The van der Waals surface area contributed by atoms with E-state index in [2.05, 4.69) is 10.6 Å². The lowest BCUT2D eigenvalue weighted by atomic mass is 10.0. The van der Waals surface area contributed by atoms with Crippen molar-refractivity contribution in [3.63, 3.8) is 0 Å². The van der Waals surface area contributed by atoms with Crippen LogP contribution < -0.4 is 10.6 Å². The minimum Gasteiger partial charge on any atom is -0.349 e. The fraction of sp³-hybridized carbons (Fsp3) is 0.500. The molecule has 0 radical (unpaired) electrons. The number of halogens is 2. The van der Waals surface area contributed by atoms with Gasteiger partial charge in [-0.1, -0.05) is 13.0 Å². The molecule has 19 heavy (non-hydrogen) atoms. The van der Waals surface area contributed by atoms with E-state index < -0.39 is 17.7 Å². The van der Waals surface area contributed by atoms with Crippen LogP contribution in [0.1, 0.15) is 37.8 Å². The first-order valence-electron chi connectivity index (χ1n) is 6.47. The average Bonchev–Trinajstić information content (AvgIpc) is 2.37. The first-order chi connectivity index (χ1) is 9.08. The van der Waals surface area contributed by atoms with Gasteiger partial charge in [-0.05, 0) is 32.5 Å². The Labute approximate surface area is 112 Å². The van der Waals surface area contributed by atoms with Crippen molar-refractivity contribution in [3.05, 3.63) is 35.4 Å². The highest BCUT2D eigenvalue weighted by Crippen LogP contribution is 2.21. The van der Waals surface area contributed by atoms with Crippen molar-refractivity contribution >= 4 is 5.91 Å². The minimum atomic E-state index is -0.623. The molecule has 1 aromatic carbocycles. The number of rotatable bonds is 7. The molecule has 1 atom stereocenters. The summed E-state index contributed by atoms with van der Waals surface area (Å²) in [5.41, 5.74) is 0.325. The lowest BCUT2D eigenvalue weighted by Gasteiger charge is -2.18. The minimum absolute atomic E-state index is 0.120. The molecule has 1 amide bonds.